The van der Waals surface area contributed by atoms with Gasteiger partial charge in [0.05, 0.1) is 0 Å². The summed E-state index contributed by atoms with van der Waals surface area (Å²) < 4.78 is 0. The lowest BCUT2D eigenvalue weighted by atomic mass is 10.1. The SMILES string of the molecule is CCN(CC)CCCC(C)N1CC(Br)CC1=O. The molecule has 0 aromatic rings. The van der Waals surface area contributed by atoms with E-state index in [0.29, 0.717) is 23.2 Å². The summed E-state index contributed by atoms with van der Waals surface area (Å²) in [6, 6.07) is 0.389. The van der Waals surface area contributed by atoms with Crippen LogP contribution in [0.4, 0.5) is 0 Å². The van der Waals surface area contributed by atoms with Crippen molar-refractivity contribution in [1.29, 1.82) is 0 Å². The van der Waals surface area contributed by atoms with Gasteiger partial charge in [0.15, 0.2) is 0 Å². The second kappa shape index (κ2) is 7.37. The van der Waals surface area contributed by atoms with Gasteiger partial charge in [0.2, 0.25) is 5.91 Å². The smallest absolute Gasteiger partial charge is 0.224 e. The van der Waals surface area contributed by atoms with Gasteiger partial charge in [-0.3, -0.25) is 4.79 Å². The highest BCUT2D eigenvalue weighted by molar-refractivity contribution is 9.09. The highest BCUT2D eigenvalue weighted by Gasteiger charge is 2.30. The number of carbonyl (C=O) groups is 1. The minimum Gasteiger partial charge on any atom is -0.339 e. The van der Waals surface area contributed by atoms with Crippen LogP contribution in [-0.2, 0) is 4.79 Å². The minimum absolute atomic E-state index is 0.308. The molecule has 4 heteroatoms. The van der Waals surface area contributed by atoms with Crippen LogP contribution in [0.25, 0.3) is 0 Å². The van der Waals surface area contributed by atoms with E-state index >= 15 is 0 Å². The average Bonchev–Trinajstić information content (AvgIpc) is 2.64. The van der Waals surface area contributed by atoms with E-state index < -0.39 is 0 Å². The van der Waals surface area contributed by atoms with Crippen LogP contribution >= 0.6 is 15.9 Å². The van der Waals surface area contributed by atoms with Crippen LogP contribution in [0.1, 0.15) is 40.0 Å². The molecule has 0 radical (unpaired) electrons. The van der Waals surface area contributed by atoms with Crippen molar-refractivity contribution in [2.75, 3.05) is 26.2 Å². The Balaban J connectivity index is 2.25. The van der Waals surface area contributed by atoms with Crippen molar-refractivity contribution in [3.63, 3.8) is 0 Å². The highest BCUT2D eigenvalue weighted by atomic mass is 79.9. The number of halogens is 1. The summed E-state index contributed by atoms with van der Waals surface area (Å²) in [6.45, 7) is 10.8. The molecule has 1 saturated heterocycles. The molecule has 1 fully saturated rings. The molecule has 1 aliphatic heterocycles. The Labute approximate surface area is 114 Å². The van der Waals surface area contributed by atoms with E-state index in [1.165, 1.54) is 6.42 Å². The van der Waals surface area contributed by atoms with Crippen molar-refractivity contribution in [3.8, 4) is 0 Å². The zero-order chi connectivity index (χ0) is 12.8. The van der Waals surface area contributed by atoms with Gasteiger partial charge >= 0.3 is 0 Å². The van der Waals surface area contributed by atoms with Crippen molar-refractivity contribution < 1.29 is 4.79 Å². The van der Waals surface area contributed by atoms with Crippen molar-refractivity contribution in [2.45, 2.75) is 50.9 Å². The van der Waals surface area contributed by atoms with E-state index in [2.05, 4.69) is 41.6 Å². The Bertz CT molecular complexity index is 244. The molecule has 0 spiro atoms. The number of hydrogen-bond acceptors (Lipinski definition) is 2. The predicted octanol–water partition coefficient (Wildman–Crippen LogP) is 2.49. The Morgan fingerprint density at radius 1 is 1.47 bits per heavy atom. The van der Waals surface area contributed by atoms with E-state index in [1.54, 1.807) is 0 Å². The predicted molar refractivity (Wildman–Crippen MR) is 75.5 cm³/mol. The van der Waals surface area contributed by atoms with Gasteiger partial charge in [0, 0.05) is 23.8 Å². The van der Waals surface area contributed by atoms with E-state index in [0.717, 1.165) is 32.6 Å². The second-order valence-electron chi connectivity index (χ2n) is 4.87. The largest absolute Gasteiger partial charge is 0.339 e. The van der Waals surface area contributed by atoms with Gasteiger partial charge < -0.3 is 9.80 Å². The van der Waals surface area contributed by atoms with Gasteiger partial charge in [-0.25, -0.2) is 0 Å². The van der Waals surface area contributed by atoms with E-state index in [1.807, 2.05) is 4.90 Å². The first-order chi connectivity index (χ1) is 8.08. The fourth-order valence-corrected chi connectivity index (χ4v) is 3.01. The molecule has 0 aliphatic carbocycles. The van der Waals surface area contributed by atoms with Crippen LogP contribution in [0.5, 0.6) is 0 Å². The normalized spacial score (nSPS) is 22.5. The standard InChI is InChI=1S/C13H25BrN2O/c1-4-15(5-2)8-6-7-11(3)16-10-12(14)9-13(16)17/h11-12H,4-10H2,1-3H3. The first kappa shape index (κ1) is 15.0. The third-order valence-corrected chi connectivity index (χ3v) is 4.25. The Kier molecular flexibility index (Phi) is 6.49. The molecule has 0 bridgehead atoms. The quantitative estimate of drug-likeness (QED) is 0.675. The van der Waals surface area contributed by atoms with Crippen molar-refractivity contribution >= 4 is 21.8 Å². The summed E-state index contributed by atoms with van der Waals surface area (Å²) in [5, 5.41) is 0. The monoisotopic (exact) mass is 304 g/mol. The molecule has 3 nitrogen and oxygen atoms in total. The number of nitrogens with zero attached hydrogens (tertiary/aromatic N) is 2. The number of carbonyl (C=O) groups excluding carboxylic acids is 1. The van der Waals surface area contributed by atoms with Gasteiger partial charge in [-0.2, -0.15) is 0 Å². The summed E-state index contributed by atoms with van der Waals surface area (Å²) in [4.78, 5) is 16.5. The number of rotatable bonds is 7. The third kappa shape index (κ3) is 4.59. The van der Waals surface area contributed by atoms with Gasteiger partial charge in [0.1, 0.15) is 0 Å². The van der Waals surface area contributed by atoms with Crippen LogP contribution in [0, 0.1) is 0 Å². The maximum atomic E-state index is 11.7. The lowest BCUT2D eigenvalue weighted by Gasteiger charge is -2.25. The van der Waals surface area contributed by atoms with E-state index in [9.17, 15) is 4.79 Å². The van der Waals surface area contributed by atoms with Crippen LogP contribution in [0.3, 0.4) is 0 Å². The summed E-state index contributed by atoms with van der Waals surface area (Å²) in [5.74, 6) is 0.308. The fraction of sp³-hybridized carbons (Fsp3) is 0.923. The summed E-state index contributed by atoms with van der Waals surface area (Å²) in [7, 11) is 0. The number of amides is 1. The number of alkyl halides is 1. The lowest BCUT2D eigenvalue weighted by Crippen LogP contribution is -2.35. The molecule has 0 saturated carbocycles. The maximum absolute atomic E-state index is 11.7. The second-order valence-corrected chi connectivity index (χ2v) is 6.16. The summed E-state index contributed by atoms with van der Waals surface area (Å²) in [5.41, 5.74) is 0. The highest BCUT2D eigenvalue weighted by Crippen LogP contribution is 2.22. The Morgan fingerprint density at radius 2 is 2.12 bits per heavy atom. The maximum Gasteiger partial charge on any atom is 0.224 e. The van der Waals surface area contributed by atoms with Crippen LogP contribution in [-0.4, -0.2) is 52.8 Å². The van der Waals surface area contributed by atoms with Crippen LogP contribution < -0.4 is 0 Å². The van der Waals surface area contributed by atoms with Crippen LogP contribution in [0.15, 0.2) is 0 Å². The van der Waals surface area contributed by atoms with E-state index in [-0.39, 0.29) is 0 Å². The van der Waals surface area contributed by atoms with Crippen LogP contribution in [0.2, 0.25) is 0 Å². The van der Waals surface area contributed by atoms with Gasteiger partial charge in [0.25, 0.3) is 0 Å². The third-order valence-electron chi connectivity index (χ3n) is 3.63. The Morgan fingerprint density at radius 3 is 2.59 bits per heavy atom. The molecule has 2 atom stereocenters. The molecule has 1 heterocycles. The Hall–Kier alpha value is -0.0900. The number of hydrogen-bond donors (Lipinski definition) is 0. The summed E-state index contributed by atoms with van der Waals surface area (Å²) >= 11 is 3.53. The molecule has 2 unspecified atom stereocenters. The molecule has 1 aliphatic rings. The zero-order valence-electron chi connectivity index (χ0n) is 11.3. The molecule has 17 heavy (non-hydrogen) atoms. The first-order valence-corrected chi connectivity index (χ1v) is 7.65. The van der Waals surface area contributed by atoms with Gasteiger partial charge in [-0.15, -0.1) is 0 Å². The average molecular weight is 305 g/mol. The van der Waals surface area contributed by atoms with Crippen molar-refractivity contribution in [2.24, 2.45) is 0 Å². The summed E-state index contributed by atoms with van der Waals surface area (Å²) in [6.07, 6.45) is 2.96. The minimum atomic E-state index is 0.308. The topological polar surface area (TPSA) is 23.6 Å². The fourth-order valence-electron chi connectivity index (χ4n) is 2.42. The zero-order valence-corrected chi connectivity index (χ0v) is 12.9. The molecule has 1 rings (SSSR count). The van der Waals surface area contributed by atoms with Gasteiger partial charge in [-0.1, -0.05) is 29.8 Å². The molecule has 100 valence electrons. The molecular weight excluding hydrogens is 280 g/mol. The van der Waals surface area contributed by atoms with E-state index in [4.69, 9.17) is 0 Å². The van der Waals surface area contributed by atoms with Crippen molar-refractivity contribution in [1.82, 2.24) is 9.80 Å². The number of likely N-dealkylation sites (tertiary alicyclic amines) is 1. The molecule has 0 aromatic carbocycles. The lowest BCUT2D eigenvalue weighted by molar-refractivity contribution is -0.129. The molecule has 0 aromatic heterocycles. The molecular formula is C13H25BrN2O. The molecule has 0 N–H and O–H groups in total. The van der Waals surface area contributed by atoms with Gasteiger partial charge in [-0.05, 0) is 39.4 Å². The molecule has 1 amide bonds. The van der Waals surface area contributed by atoms with Crippen molar-refractivity contribution in [3.05, 3.63) is 0 Å². The first-order valence-electron chi connectivity index (χ1n) is 6.74.